The molecule has 52 valence electrons. The number of hydrogen-bond donors (Lipinski definition) is 1. The Morgan fingerprint density at radius 3 is 3.22 bits per heavy atom. The van der Waals surface area contributed by atoms with Crippen molar-refractivity contribution >= 4 is 17.9 Å². The Balaban J connectivity index is 2.22. The lowest BCUT2D eigenvalue weighted by Gasteiger charge is -2.02. The number of rotatable bonds is 2. The lowest BCUT2D eigenvalue weighted by atomic mass is 10.4. The molecule has 1 fully saturated rings. The Morgan fingerprint density at radius 2 is 2.78 bits per heavy atom. The van der Waals surface area contributed by atoms with Gasteiger partial charge in [0.1, 0.15) is 6.10 Å². The predicted octanol–water partition coefficient (Wildman–Crippen LogP) is 0.458. The van der Waals surface area contributed by atoms with Crippen LogP contribution in [-0.2, 0) is 4.74 Å². The number of ether oxygens (including phenoxy) is 1. The van der Waals surface area contributed by atoms with Crippen LogP contribution < -0.4 is 5.32 Å². The summed E-state index contributed by atoms with van der Waals surface area (Å²) in [7, 11) is 0. The van der Waals surface area contributed by atoms with Gasteiger partial charge in [-0.05, 0) is 6.26 Å². The van der Waals surface area contributed by atoms with Gasteiger partial charge in [0.15, 0.2) is 0 Å². The Bertz CT molecular complexity index is 118. The third kappa shape index (κ3) is 1.78. The van der Waals surface area contributed by atoms with Crippen LogP contribution in [0.2, 0.25) is 0 Å². The summed E-state index contributed by atoms with van der Waals surface area (Å²) < 4.78 is 4.83. The quantitative estimate of drug-likeness (QED) is 0.616. The monoisotopic (exact) mass is 147 g/mol. The Kier molecular flexibility index (Phi) is 2.22. The fourth-order valence-corrected chi connectivity index (χ4v) is 1.27. The minimum Gasteiger partial charge on any atom is -0.443 e. The first-order chi connectivity index (χ1) is 4.33. The molecule has 4 heteroatoms. The summed E-state index contributed by atoms with van der Waals surface area (Å²) in [6.07, 6.45) is 1.80. The molecule has 1 aliphatic rings. The first-order valence-corrected chi connectivity index (χ1v) is 4.15. The van der Waals surface area contributed by atoms with Gasteiger partial charge in [0.25, 0.3) is 0 Å². The van der Waals surface area contributed by atoms with Gasteiger partial charge < -0.3 is 10.1 Å². The molecular formula is C5H9NO2S. The molecule has 3 nitrogen and oxygen atoms in total. The molecule has 0 aromatic heterocycles. The van der Waals surface area contributed by atoms with E-state index in [1.165, 1.54) is 0 Å². The van der Waals surface area contributed by atoms with Crippen molar-refractivity contribution < 1.29 is 9.53 Å². The van der Waals surface area contributed by atoms with E-state index in [9.17, 15) is 4.79 Å². The standard InChI is InChI=1S/C5H9NO2S/c1-9-3-4-2-6-5(7)8-4/h4H,2-3H2,1H3,(H,6,7). The summed E-state index contributed by atoms with van der Waals surface area (Å²) in [5.41, 5.74) is 0. The van der Waals surface area contributed by atoms with Gasteiger partial charge in [-0.2, -0.15) is 11.8 Å². The molecule has 1 saturated heterocycles. The van der Waals surface area contributed by atoms with Crippen LogP contribution in [0.3, 0.4) is 0 Å². The van der Waals surface area contributed by atoms with Gasteiger partial charge in [-0.3, -0.25) is 0 Å². The summed E-state index contributed by atoms with van der Waals surface area (Å²) in [5, 5.41) is 2.58. The zero-order valence-corrected chi connectivity index (χ0v) is 6.03. The SMILES string of the molecule is CSCC1CNC(=O)O1. The highest BCUT2D eigenvalue weighted by atomic mass is 32.2. The number of cyclic esters (lactones) is 1. The van der Waals surface area contributed by atoms with Crippen molar-refractivity contribution in [2.24, 2.45) is 0 Å². The van der Waals surface area contributed by atoms with Crippen molar-refractivity contribution in [3.8, 4) is 0 Å². The molecule has 0 aromatic rings. The number of carbonyl (C=O) groups excluding carboxylic acids is 1. The zero-order chi connectivity index (χ0) is 6.69. The van der Waals surface area contributed by atoms with E-state index in [1.807, 2.05) is 6.26 Å². The van der Waals surface area contributed by atoms with Crippen LogP contribution in [0.1, 0.15) is 0 Å². The van der Waals surface area contributed by atoms with Gasteiger partial charge in [0, 0.05) is 5.75 Å². The third-order valence-corrected chi connectivity index (χ3v) is 1.81. The van der Waals surface area contributed by atoms with Gasteiger partial charge in [-0.15, -0.1) is 0 Å². The summed E-state index contributed by atoms with van der Waals surface area (Å²) in [5.74, 6) is 0.888. The minimum absolute atomic E-state index is 0.0903. The largest absolute Gasteiger partial charge is 0.443 e. The summed E-state index contributed by atoms with van der Waals surface area (Å²) in [6, 6.07) is 0. The van der Waals surface area contributed by atoms with Crippen molar-refractivity contribution in [2.75, 3.05) is 18.6 Å². The van der Waals surface area contributed by atoms with E-state index in [1.54, 1.807) is 11.8 Å². The molecule has 0 aliphatic carbocycles. The maximum Gasteiger partial charge on any atom is 0.407 e. The van der Waals surface area contributed by atoms with Crippen molar-refractivity contribution in [1.29, 1.82) is 0 Å². The molecule has 9 heavy (non-hydrogen) atoms. The van der Waals surface area contributed by atoms with Crippen LogP contribution in [0, 0.1) is 0 Å². The van der Waals surface area contributed by atoms with Crippen molar-refractivity contribution in [3.63, 3.8) is 0 Å². The molecule has 0 spiro atoms. The molecule has 1 aliphatic heterocycles. The molecule has 1 heterocycles. The lowest BCUT2D eigenvalue weighted by Crippen LogP contribution is -2.16. The second kappa shape index (κ2) is 2.96. The Labute approximate surface area is 58.1 Å². The maximum atomic E-state index is 10.4. The van der Waals surface area contributed by atoms with Crippen molar-refractivity contribution in [3.05, 3.63) is 0 Å². The molecule has 1 unspecified atom stereocenters. The summed E-state index contributed by atoms with van der Waals surface area (Å²) >= 11 is 1.68. The average Bonchev–Trinajstić information content (AvgIpc) is 2.17. The molecule has 0 bridgehead atoms. The molecule has 1 N–H and O–H groups in total. The van der Waals surface area contributed by atoms with E-state index in [2.05, 4.69) is 5.32 Å². The molecular weight excluding hydrogens is 138 g/mol. The summed E-state index contributed by atoms with van der Waals surface area (Å²) in [4.78, 5) is 10.4. The summed E-state index contributed by atoms with van der Waals surface area (Å²) in [6.45, 7) is 0.666. The van der Waals surface area contributed by atoms with E-state index in [4.69, 9.17) is 4.74 Å². The van der Waals surface area contributed by atoms with Gasteiger partial charge in [-0.25, -0.2) is 4.79 Å². The molecule has 0 radical (unpaired) electrons. The van der Waals surface area contributed by atoms with E-state index < -0.39 is 0 Å². The number of carbonyl (C=O) groups is 1. The second-order valence-electron chi connectivity index (χ2n) is 1.86. The fraction of sp³-hybridized carbons (Fsp3) is 0.800. The number of hydrogen-bond acceptors (Lipinski definition) is 3. The Hall–Kier alpha value is -0.380. The average molecular weight is 147 g/mol. The lowest BCUT2D eigenvalue weighted by molar-refractivity contribution is 0.150. The van der Waals surface area contributed by atoms with Crippen LogP contribution in [0.15, 0.2) is 0 Å². The van der Waals surface area contributed by atoms with Crippen LogP contribution in [0.4, 0.5) is 4.79 Å². The maximum absolute atomic E-state index is 10.4. The first kappa shape index (κ1) is 6.74. The van der Waals surface area contributed by atoms with Gasteiger partial charge in [0.05, 0.1) is 6.54 Å². The molecule has 0 aromatic carbocycles. The van der Waals surface area contributed by atoms with Crippen LogP contribution in [0.5, 0.6) is 0 Å². The highest BCUT2D eigenvalue weighted by molar-refractivity contribution is 7.98. The van der Waals surface area contributed by atoms with Crippen molar-refractivity contribution in [2.45, 2.75) is 6.10 Å². The number of amides is 1. The normalized spacial score (nSPS) is 25.4. The minimum atomic E-state index is -0.283. The van der Waals surface area contributed by atoms with Gasteiger partial charge in [0.2, 0.25) is 0 Å². The highest BCUT2D eigenvalue weighted by Crippen LogP contribution is 2.05. The fourth-order valence-electron chi connectivity index (χ4n) is 0.711. The zero-order valence-electron chi connectivity index (χ0n) is 5.22. The van der Waals surface area contributed by atoms with E-state index in [0.717, 1.165) is 5.75 Å². The number of nitrogens with one attached hydrogen (secondary N) is 1. The van der Waals surface area contributed by atoms with E-state index in [-0.39, 0.29) is 12.2 Å². The molecule has 1 rings (SSSR count). The van der Waals surface area contributed by atoms with Crippen molar-refractivity contribution in [1.82, 2.24) is 5.32 Å². The van der Waals surface area contributed by atoms with Gasteiger partial charge >= 0.3 is 6.09 Å². The third-order valence-electron chi connectivity index (χ3n) is 1.10. The number of alkyl carbamates (subject to hydrolysis) is 1. The van der Waals surface area contributed by atoms with Crippen LogP contribution in [0.25, 0.3) is 0 Å². The van der Waals surface area contributed by atoms with Crippen LogP contribution >= 0.6 is 11.8 Å². The Morgan fingerprint density at radius 1 is 2.00 bits per heavy atom. The molecule has 1 amide bonds. The second-order valence-corrected chi connectivity index (χ2v) is 2.77. The predicted molar refractivity (Wildman–Crippen MR) is 36.7 cm³/mol. The van der Waals surface area contributed by atoms with E-state index in [0.29, 0.717) is 6.54 Å². The topological polar surface area (TPSA) is 38.3 Å². The molecule has 0 saturated carbocycles. The number of thioether (sulfide) groups is 1. The van der Waals surface area contributed by atoms with E-state index >= 15 is 0 Å². The molecule has 1 atom stereocenters. The smallest absolute Gasteiger partial charge is 0.407 e. The van der Waals surface area contributed by atoms with Crippen LogP contribution in [-0.4, -0.2) is 30.8 Å². The first-order valence-electron chi connectivity index (χ1n) is 2.76. The highest BCUT2D eigenvalue weighted by Gasteiger charge is 2.20. The van der Waals surface area contributed by atoms with Gasteiger partial charge in [-0.1, -0.05) is 0 Å².